The first-order valence-corrected chi connectivity index (χ1v) is 10.9. The van der Waals surface area contributed by atoms with Crippen molar-refractivity contribution in [3.05, 3.63) is 29.6 Å². The molecule has 0 aliphatic carbocycles. The van der Waals surface area contributed by atoms with Gasteiger partial charge in [-0.2, -0.15) is 0 Å². The number of halogens is 1. The van der Waals surface area contributed by atoms with Crippen molar-refractivity contribution in [2.75, 3.05) is 6.54 Å². The van der Waals surface area contributed by atoms with E-state index in [1.165, 1.54) is 6.07 Å². The van der Waals surface area contributed by atoms with E-state index in [1.54, 1.807) is 12.1 Å². The molecule has 0 saturated heterocycles. The van der Waals surface area contributed by atoms with Crippen molar-refractivity contribution in [2.24, 2.45) is 5.73 Å². The van der Waals surface area contributed by atoms with Crippen LogP contribution in [0.25, 0.3) is 0 Å². The average Bonchev–Trinajstić information content (AvgIpc) is 2.43. The van der Waals surface area contributed by atoms with Crippen molar-refractivity contribution >= 4 is 8.32 Å². The molecule has 1 heterocycles. The summed E-state index contributed by atoms with van der Waals surface area (Å²) < 4.78 is 25.8. The molecule has 5 heteroatoms. The first-order chi connectivity index (χ1) is 10.1. The number of hydrogen-bond acceptors (Lipinski definition) is 3. The van der Waals surface area contributed by atoms with Gasteiger partial charge >= 0.3 is 0 Å². The summed E-state index contributed by atoms with van der Waals surface area (Å²) in [6.45, 7) is 11.5. The first kappa shape index (κ1) is 17.4. The molecule has 1 aromatic carbocycles. The number of ether oxygens (including phenoxy) is 1. The molecule has 0 spiro atoms. The van der Waals surface area contributed by atoms with E-state index in [-0.39, 0.29) is 23.1 Å². The lowest BCUT2D eigenvalue weighted by molar-refractivity contribution is 0.0369. The lowest BCUT2D eigenvalue weighted by Crippen LogP contribution is -2.51. The van der Waals surface area contributed by atoms with Gasteiger partial charge < -0.3 is 14.9 Å². The summed E-state index contributed by atoms with van der Waals surface area (Å²) >= 11 is 0. The zero-order valence-corrected chi connectivity index (χ0v) is 15.3. The predicted octanol–water partition coefficient (Wildman–Crippen LogP) is 3.87. The quantitative estimate of drug-likeness (QED) is 0.855. The second kappa shape index (κ2) is 6.30. The third-order valence-corrected chi connectivity index (χ3v) is 9.40. The number of nitrogens with two attached hydrogens (primary N) is 1. The molecule has 1 aliphatic rings. The van der Waals surface area contributed by atoms with Crippen molar-refractivity contribution in [1.82, 2.24) is 0 Å². The van der Waals surface area contributed by atoms with Crippen LogP contribution in [0.1, 0.15) is 32.8 Å². The van der Waals surface area contributed by atoms with Crippen LogP contribution in [-0.2, 0) is 10.8 Å². The summed E-state index contributed by atoms with van der Waals surface area (Å²) in [5.74, 6) is 0.545. The Bertz CT molecular complexity index is 528. The monoisotopic (exact) mass is 325 g/mol. The summed E-state index contributed by atoms with van der Waals surface area (Å²) in [6.07, 6.45) is 1.44. The molecular formula is C17H28FNO2Si. The molecule has 0 bridgehead atoms. The second-order valence-corrected chi connectivity index (χ2v) is 12.4. The molecule has 0 radical (unpaired) electrons. The normalized spacial score (nSPS) is 20.2. The first-order valence-electron chi connectivity index (χ1n) is 7.97. The van der Waals surface area contributed by atoms with E-state index in [0.717, 1.165) is 24.2 Å². The molecule has 2 rings (SSSR count). The molecule has 3 nitrogen and oxygen atoms in total. The highest BCUT2D eigenvalue weighted by atomic mass is 28.4. The molecule has 2 atom stereocenters. The van der Waals surface area contributed by atoms with Gasteiger partial charge in [0.05, 0.1) is 6.10 Å². The molecule has 1 aliphatic heterocycles. The maximum atomic E-state index is 13.3. The topological polar surface area (TPSA) is 44.5 Å². The summed E-state index contributed by atoms with van der Waals surface area (Å²) in [5.41, 5.74) is 6.89. The minimum absolute atomic E-state index is 0.0583. The van der Waals surface area contributed by atoms with Gasteiger partial charge in [0.25, 0.3) is 0 Å². The Morgan fingerprint density at radius 3 is 2.68 bits per heavy atom. The Kier molecular flexibility index (Phi) is 4.99. The van der Waals surface area contributed by atoms with E-state index >= 15 is 0 Å². The maximum Gasteiger partial charge on any atom is 0.192 e. The van der Waals surface area contributed by atoms with Crippen molar-refractivity contribution in [2.45, 2.75) is 64.0 Å². The Morgan fingerprint density at radius 2 is 2.09 bits per heavy atom. The summed E-state index contributed by atoms with van der Waals surface area (Å²) in [7, 11) is -1.89. The highest BCUT2D eigenvalue weighted by molar-refractivity contribution is 6.74. The van der Waals surface area contributed by atoms with Crippen molar-refractivity contribution in [3.8, 4) is 5.75 Å². The SMILES string of the molecule is CC(C)(C)[Si](C)(C)O[C@H](CN)C1CCc2cc(F)ccc2O1. The largest absolute Gasteiger partial charge is 0.487 e. The van der Waals surface area contributed by atoms with Crippen LogP contribution in [0.4, 0.5) is 4.39 Å². The minimum Gasteiger partial charge on any atom is -0.487 e. The molecule has 2 N–H and O–H groups in total. The molecule has 0 fully saturated rings. The van der Waals surface area contributed by atoms with Gasteiger partial charge in [-0.05, 0) is 54.7 Å². The number of fused-ring (bicyclic) bond motifs is 1. The third-order valence-electron chi connectivity index (χ3n) is 4.90. The number of rotatable bonds is 4. The third kappa shape index (κ3) is 3.70. The smallest absolute Gasteiger partial charge is 0.192 e. The van der Waals surface area contributed by atoms with Gasteiger partial charge in [-0.15, -0.1) is 0 Å². The molecule has 0 saturated carbocycles. The zero-order chi connectivity index (χ0) is 16.5. The molecular weight excluding hydrogens is 297 g/mol. The van der Waals surface area contributed by atoms with Crippen LogP contribution in [0, 0.1) is 5.82 Å². The fraction of sp³-hybridized carbons (Fsp3) is 0.647. The molecule has 0 amide bonds. The maximum absolute atomic E-state index is 13.3. The van der Waals surface area contributed by atoms with Crippen LogP contribution < -0.4 is 10.5 Å². The van der Waals surface area contributed by atoms with Crippen LogP contribution in [0.15, 0.2) is 18.2 Å². The van der Waals surface area contributed by atoms with Crippen LogP contribution >= 0.6 is 0 Å². The summed E-state index contributed by atoms with van der Waals surface area (Å²) in [4.78, 5) is 0. The van der Waals surface area contributed by atoms with Crippen molar-refractivity contribution in [1.29, 1.82) is 0 Å². The van der Waals surface area contributed by atoms with Gasteiger partial charge in [-0.25, -0.2) is 4.39 Å². The second-order valence-electron chi connectivity index (χ2n) is 7.60. The molecule has 124 valence electrons. The molecule has 1 aromatic rings. The predicted molar refractivity (Wildman–Crippen MR) is 90.3 cm³/mol. The Hall–Kier alpha value is -0.913. The van der Waals surface area contributed by atoms with Crippen LogP contribution in [-0.4, -0.2) is 27.1 Å². The number of hydrogen-bond donors (Lipinski definition) is 1. The van der Waals surface area contributed by atoms with Crippen LogP contribution in [0.3, 0.4) is 0 Å². The van der Waals surface area contributed by atoms with Crippen molar-refractivity contribution in [3.63, 3.8) is 0 Å². The van der Waals surface area contributed by atoms with E-state index in [1.807, 2.05) is 0 Å². The summed E-state index contributed by atoms with van der Waals surface area (Å²) in [5, 5.41) is 0.135. The Balaban J connectivity index is 2.12. The van der Waals surface area contributed by atoms with E-state index in [9.17, 15) is 4.39 Å². The standard InChI is InChI=1S/C17H28FNO2Si/c1-17(2,3)22(4,5)21-16(11-19)15-8-6-12-10-13(18)7-9-14(12)20-15/h7,9-10,15-16H,6,8,11,19H2,1-5H3/t15?,16-/m1/s1. The van der Waals surface area contributed by atoms with Gasteiger partial charge in [-0.1, -0.05) is 20.8 Å². The van der Waals surface area contributed by atoms with E-state index in [4.69, 9.17) is 14.9 Å². The molecule has 1 unspecified atom stereocenters. The fourth-order valence-electron chi connectivity index (χ4n) is 2.47. The Labute approximate surface area is 134 Å². The van der Waals surface area contributed by atoms with Gasteiger partial charge in [0.2, 0.25) is 0 Å². The van der Waals surface area contributed by atoms with Gasteiger partial charge in [0.15, 0.2) is 8.32 Å². The molecule has 0 aromatic heterocycles. The fourth-order valence-corrected chi connectivity index (χ4v) is 3.83. The van der Waals surface area contributed by atoms with Crippen molar-refractivity contribution < 1.29 is 13.6 Å². The highest BCUT2D eigenvalue weighted by Crippen LogP contribution is 2.38. The average molecular weight is 326 g/mol. The Morgan fingerprint density at radius 1 is 1.41 bits per heavy atom. The minimum atomic E-state index is -1.89. The zero-order valence-electron chi connectivity index (χ0n) is 14.3. The van der Waals surface area contributed by atoms with Gasteiger partial charge in [-0.3, -0.25) is 0 Å². The van der Waals surface area contributed by atoms with E-state index < -0.39 is 8.32 Å². The molecule has 22 heavy (non-hydrogen) atoms. The lowest BCUT2D eigenvalue weighted by Gasteiger charge is -2.42. The van der Waals surface area contributed by atoms with Crippen LogP contribution in [0.2, 0.25) is 18.1 Å². The van der Waals surface area contributed by atoms with Crippen LogP contribution in [0.5, 0.6) is 5.75 Å². The van der Waals surface area contributed by atoms with Gasteiger partial charge in [0, 0.05) is 6.54 Å². The number of aryl methyl sites for hydroxylation is 1. The van der Waals surface area contributed by atoms with Gasteiger partial charge in [0.1, 0.15) is 17.7 Å². The summed E-state index contributed by atoms with van der Waals surface area (Å²) in [6, 6.07) is 4.70. The highest BCUT2D eigenvalue weighted by Gasteiger charge is 2.41. The van der Waals surface area contributed by atoms with E-state index in [2.05, 4.69) is 33.9 Å². The van der Waals surface area contributed by atoms with E-state index in [0.29, 0.717) is 6.54 Å². The lowest BCUT2D eigenvalue weighted by atomic mass is 9.99. The number of benzene rings is 1.